The van der Waals surface area contributed by atoms with Crippen molar-refractivity contribution >= 4 is 17.4 Å². The van der Waals surface area contributed by atoms with E-state index in [4.69, 9.17) is 10.5 Å². The fourth-order valence-corrected chi connectivity index (χ4v) is 3.76. The summed E-state index contributed by atoms with van der Waals surface area (Å²) in [6.07, 6.45) is 3.05. The minimum atomic E-state index is -0.604. The maximum atomic E-state index is 10.8. The second kappa shape index (κ2) is 11.6. The highest BCUT2D eigenvalue weighted by atomic mass is 16.5. The third-order valence-corrected chi connectivity index (χ3v) is 5.53. The molecule has 1 saturated heterocycles. The Morgan fingerprint density at radius 3 is 2.39 bits per heavy atom. The predicted octanol–water partition coefficient (Wildman–Crippen LogP) is 3.08. The average Bonchev–Trinajstić information content (AvgIpc) is 2.78. The molecule has 4 N–H and O–H groups in total. The highest BCUT2D eigenvalue weighted by Crippen LogP contribution is 2.19. The number of carbonyl (C=O) groups excluding carboxylic acids is 1. The number of urea groups is 1. The van der Waals surface area contributed by atoms with E-state index >= 15 is 0 Å². The highest BCUT2D eigenvalue weighted by molar-refractivity contribution is 5.87. The molecule has 0 radical (unpaired) electrons. The van der Waals surface area contributed by atoms with Gasteiger partial charge in [-0.05, 0) is 54.8 Å². The molecule has 1 fully saturated rings. The van der Waals surface area contributed by atoms with Crippen LogP contribution in [-0.2, 0) is 6.42 Å². The van der Waals surface area contributed by atoms with Crippen LogP contribution in [-0.4, -0.2) is 61.5 Å². The van der Waals surface area contributed by atoms with Crippen LogP contribution in [0.4, 0.5) is 16.2 Å². The minimum Gasteiger partial charge on any atom is -0.491 e. The number of anilines is 2. The second-order valence-corrected chi connectivity index (χ2v) is 8.04. The van der Waals surface area contributed by atoms with E-state index < -0.39 is 12.1 Å². The van der Waals surface area contributed by atoms with Crippen LogP contribution in [0.15, 0.2) is 48.5 Å². The van der Waals surface area contributed by atoms with Crippen LogP contribution < -0.4 is 20.7 Å². The van der Waals surface area contributed by atoms with Crippen LogP contribution in [0.2, 0.25) is 0 Å². The Bertz CT molecular complexity index is 803. The summed E-state index contributed by atoms with van der Waals surface area (Å²) in [5.41, 5.74) is 8.38. The molecule has 0 saturated carbocycles. The molecule has 2 amide bonds. The van der Waals surface area contributed by atoms with Crippen LogP contribution >= 0.6 is 0 Å². The Balaban J connectivity index is 1.37. The fourth-order valence-electron chi connectivity index (χ4n) is 3.76. The lowest BCUT2D eigenvalue weighted by atomic mass is 10.1. The molecule has 0 aromatic heterocycles. The lowest BCUT2D eigenvalue weighted by Gasteiger charge is -2.37. The smallest absolute Gasteiger partial charge is 0.316 e. The van der Waals surface area contributed by atoms with Gasteiger partial charge in [-0.1, -0.05) is 25.5 Å². The molecule has 2 aromatic rings. The van der Waals surface area contributed by atoms with Gasteiger partial charge in [-0.3, -0.25) is 4.90 Å². The van der Waals surface area contributed by atoms with Crippen LogP contribution in [0.3, 0.4) is 0 Å². The summed E-state index contributed by atoms with van der Waals surface area (Å²) in [7, 11) is 0. The largest absolute Gasteiger partial charge is 0.491 e. The van der Waals surface area contributed by atoms with E-state index in [1.807, 2.05) is 0 Å². The fraction of sp³-hybridized carbons (Fsp3) is 0.458. The maximum Gasteiger partial charge on any atom is 0.316 e. The summed E-state index contributed by atoms with van der Waals surface area (Å²) < 4.78 is 5.67. The third-order valence-electron chi connectivity index (χ3n) is 5.53. The van der Waals surface area contributed by atoms with Crippen molar-refractivity contribution in [2.24, 2.45) is 5.73 Å². The summed E-state index contributed by atoms with van der Waals surface area (Å²) in [5, 5.41) is 12.9. The molecule has 1 aliphatic rings. The molecule has 3 rings (SSSR count). The van der Waals surface area contributed by atoms with Crippen molar-refractivity contribution in [2.45, 2.75) is 32.3 Å². The number of nitrogens with zero attached hydrogens (tertiary/aromatic N) is 2. The van der Waals surface area contributed by atoms with E-state index in [9.17, 15) is 9.90 Å². The van der Waals surface area contributed by atoms with Crippen molar-refractivity contribution in [1.29, 1.82) is 0 Å². The molecule has 0 unspecified atom stereocenters. The number of benzene rings is 2. The Morgan fingerprint density at radius 2 is 1.77 bits per heavy atom. The zero-order valence-corrected chi connectivity index (χ0v) is 18.3. The van der Waals surface area contributed by atoms with Crippen LogP contribution in [0, 0.1) is 0 Å². The van der Waals surface area contributed by atoms with Gasteiger partial charge in [0.2, 0.25) is 0 Å². The molecule has 31 heavy (non-hydrogen) atoms. The SMILES string of the molecule is CCCCc1ccc(N2CCN(C[C@@H](O)COc3ccc(NC(N)=O)cc3)CC2)cc1. The Kier molecular flexibility index (Phi) is 8.55. The van der Waals surface area contributed by atoms with E-state index in [-0.39, 0.29) is 6.61 Å². The Labute approximate surface area is 184 Å². The van der Waals surface area contributed by atoms with Crippen molar-refractivity contribution in [2.75, 3.05) is 49.5 Å². The number of ether oxygens (including phenoxy) is 1. The zero-order chi connectivity index (χ0) is 22.1. The quantitative estimate of drug-likeness (QED) is 0.543. The van der Waals surface area contributed by atoms with Crippen LogP contribution in [0.1, 0.15) is 25.3 Å². The van der Waals surface area contributed by atoms with E-state index in [1.54, 1.807) is 24.3 Å². The maximum absolute atomic E-state index is 10.8. The van der Waals surface area contributed by atoms with Gasteiger partial charge in [-0.25, -0.2) is 4.79 Å². The molecule has 0 aliphatic carbocycles. The highest BCUT2D eigenvalue weighted by Gasteiger charge is 2.20. The number of piperazine rings is 1. The molecule has 0 spiro atoms. The molecular weight excluding hydrogens is 392 g/mol. The van der Waals surface area contributed by atoms with Crippen LogP contribution in [0.25, 0.3) is 0 Å². The van der Waals surface area contributed by atoms with Crippen molar-refractivity contribution in [3.63, 3.8) is 0 Å². The predicted molar refractivity (Wildman–Crippen MR) is 125 cm³/mol. The molecule has 7 nitrogen and oxygen atoms in total. The van der Waals surface area contributed by atoms with Gasteiger partial charge in [0.05, 0.1) is 0 Å². The molecule has 7 heteroatoms. The first-order valence-corrected chi connectivity index (χ1v) is 11.1. The number of β-amino-alcohol motifs (C(OH)–C–C–N with tert-alkyl or cyclic N) is 1. The lowest BCUT2D eigenvalue weighted by molar-refractivity contribution is 0.0663. The number of unbranched alkanes of at least 4 members (excludes halogenated alkanes) is 1. The van der Waals surface area contributed by atoms with Crippen LogP contribution in [0.5, 0.6) is 5.75 Å². The van der Waals surface area contributed by atoms with Crippen molar-refractivity contribution in [3.05, 3.63) is 54.1 Å². The van der Waals surface area contributed by atoms with E-state index in [0.717, 1.165) is 32.6 Å². The first-order valence-electron chi connectivity index (χ1n) is 11.1. The zero-order valence-electron chi connectivity index (χ0n) is 18.3. The Morgan fingerprint density at radius 1 is 1.10 bits per heavy atom. The summed E-state index contributed by atoms with van der Waals surface area (Å²) >= 11 is 0. The lowest BCUT2D eigenvalue weighted by Crippen LogP contribution is -2.49. The molecule has 0 bridgehead atoms. The second-order valence-electron chi connectivity index (χ2n) is 8.04. The number of nitrogens with one attached hydrogen (secondary N) is 1. The van der Waals surface area contributed by atoms with Gasteiger partial charge in [0.25, 0.3) is 0 Å². The van der Waals surface area contributed by atoms with Gasteiger partial charge in [0.15, 0.2) is 0 Å². The van der Waals surface area contributed by atoms with Gasteiger partial charge in [-0.2, -0.15) is 0 Å². The number of hydrogen-bond acceptors (Lipinski definition) is 5. The first kappa shape index (κ1) is 22.9. The topological polar surface area (TPSA) is 91.1 Å². The summed E-state index contributed by atoms with van der Waals surface area (Å²) in [4.78, 5) is 15.5. The molecule has 168 valence electrons. The number of hydrogen-bond donors (Lipinski definition) is 3. The molecule has 1 atom stereocenters. The summed E-state index contributed by atoms with van der Waals surface area (Å²) in [6, 6.07) is 15.2. The van der Waals surface area contributed by atoms with E-state index in [2.05, 4.69) is 46.3 Å². The number of aryl methyl sites for hydroxylation is 1. The van der Waals surface area contributed by atoms with Gasteiger partial charge in [0, 0.05) is 44.1 Å². The van der Waals surface area contributed by atoms with E-state index in [1.165, 1.54) is 24.1 Å². The third kappa shape index (κ3) is 7.45. The number of amides is 2. The van der Waals surface area contributed by atoms with Crippen molar-refractivity contribution < 1.29 is 14.6 Å². The standard InChI is InChI=1S/C24H34N4O3/c1-2-3-4-19-5-9-21(10-6-19)28-15-13-27(14-16-28)17-22(29)18-31-23-11-7-20(8-12-23)26-24(25)30/h5-12,22,29H,2-4,13-18H2,1H3,(H3,25,26,30)/t22-/m1/s1. The van der Waals surface area contributed by atoms with E-state index in [0.29, 0.717) is 18.0 Å². The number of nitrogens with two attached hydrogens (primary N) is 1. The average molecular weight is 427 g/mol. The monoisotopic (exact) mass is 426 g/mol. The van der Waals surface area contributed by atoms with Gasteiger partial charge in [0.1, 0.15) is 18.5 Å². The number of rotatable bonds is 10. The number of carbonyl (C=O) groups is 1. The number of primary amides is 1. The number of aliphatic hydroxyl groups is 1. The molecule has 1 heterocycles. The van der Waals surface area contributed by atoms with Gasteiger partial charge in [-0.15, -0.1) is 0 Å². The summed E-state index contributed by atoms with van der Waals surface area (Å²) in [5.74, 6) is 0.640. The minimum absolute atomic E-state index is 0.224. The van der Waals surface area contributed by atoms with Gasteiger partial charge < -0.3 is 25.8 Å². The Hall–Kier alpha value is -2.77. The first-order chi connectivity index (χ1) is 15.0. The number of aliphatic hydroxyl groups excluding tert-OH is 1. The molecule has 2 aromatic carbocycles. The van der Waals surface area contributed by atoms with Crippen molar-refractivity contribution in [1.82, 2.24) is 4.90 Å². The van der Waals surface area contributed by atoms with Gasteiger partial charge >= 0.3 is 6.03 Å². The van der Waals surface area contributed by atoms with Crippen molar-refractivity contribution in [3.8, 4) is 5.75 Å². The normalized spacial score (nSPS) is 15.5. The molecular formula is C24H34N4O3. The summed E-state index contributed by atoms with van der Waals surface area (Å²) in [6.45, 7) is 6.78. The molecule has 1 aliphatic heterocycles.